The predicted octanol–water partition coefficient (Wildman–Crippen LogP) is 1.83. The number of carbonyl (C=O) groups excluding carboxylic acids is 1. The summed E-state index contributed by atoms with van der Waals surface area (Å²) in [6.45, 7) is 0.694. The number of nitro groups is 1. The minimum absolute atomic E-state index is 0.0377. The minimum Gasteiger partial charge on any atom is -0.373 e. The van der Waals surface area contributed by atoms with Gasteiger partial charge in [-0.25, -0.2) is 4.98 Å². The van der Waals surface area contributed by atoms with Gasteiger partial charge in [-0.3, -0.25) is 14.9 Å². The Morgan fingerprint density at radius 3 is 3.00 bits per heavy atom. The molecule has 1 fully saturated rings. The quantitative estimate of drug-likeness (QED) is 0.662. The number of hydrogen-bond acceptors (Lipinski definition) is 5. The van der Waals surface area contributed by atoms with Crippen LogP contribution in [0.3, 0.4) is 0 Å². The number of para-hydroxylation sites is 1. The maximum absolute atomic E-state index is 11.8. The molecule has 3 rings (SSSR count). The molecule has 2 aromatic rings. The van der Waals surface area contributed by atoms with Crippen LogP contribution >= 0.6 is 0 Å². The summed E-state index contributed by atoms with van der Waals surface area (Å²) in [6.07, 6.45) is 3.16. The topological polar surface area (TPSA) is 97.2 Å². The van der Waals surface area contributed by atoms with Crippen LogP contribution in [-0.4, -0.2) is 28.4 Å². The Labute approximate surface area is 120 Å². The normalized spacial score (nSPS) is 18.3. The third kappa shape index (κ3) is 2.49. The van der Waals surface area contributed by atoms with Gasteiger partial charge in [0.2, 0.25) is 5.91 Å². The number of aromatic nitrogens is 1. The molecule has 1 aromatic carbocycles. The number of rotatable bonds is 3. The van der Waals surface area contributed by atoms with Crippen LogP contribution in [-0.2, 0) is 4.79 Å². The SMILES string of the molecule is O=C1NCCCC1Nc1ccnc2c([N+](=O)[O-])cccc12. The Morgan fingerprint density at radius 2 is 2.24 bits per heavy atom. The second-order valence-electron chi connectivity index (χ2n) is 4.92. The van der Waals surface area contributed by atoms with Crippen molar-refractivity contribution in [1.29, 1.82) is 0 Å². The summed E-state index contributed by atoms with van der Waals surface area (Å²) in [5.74, 6) is -0.0448. The summed E-state index contributed by atoms with van der Waals surface area (Å²) in [7, 11) is 0. The lowest BCUT2D eigenvalue weighted by Gasteiger charge is -2.24. The maximum Gasteiger partial charge on any atom is 0.295 e. The van der Waals surface area contributed by atoms with Gasteiger partial charge >= 0.3 is 0 Å². The molecule has 0 aliphatic carbocycles. The Kier molecular flexibility index (Phi) is 3.39. The molecule has 0 radical (unpaired) electrons. The summed E-state index contributed by atoms with van der Waals surface area (Å²) >= 11 is 0. The molecule has 1 aliphatic rings. The Balaban J connectivity index is 2.01. The standard InChI is InChI=1S/C14H14N4O3/c19-14-11(4-2-7-16-14)17-10-6-8-15-13-9(10)3-1-5-12(13)18(20)21/h1,3,5-6,8,11H,2,4,7H2,(H,15,17)(H,16,19). The van der Waals surface area contributed by atoms with E-state index in [1.165, 1.54) is 12.3 Å². The average molecular weight is 286 g/mol. The van der Waals surface area contributed by atoms with Crippen molar-refractivity contribution in [3.8, 4) is 0 Å². The molecule has 7 heteroatoms. The lowest BCUT2D eigenvalue weighted by Crippen LogP contribution is -2.44. The molecule has 1 saturated heterocycles. The number of hydrogen-bond donors (Lipinski definition) is 2. The smallest absolute Gasteiger partial charge is 0.295 e. The van der Waals surface area contributed by atoms with E-state index in [-0.39, 0.29) is 17.6 Å². The van der Waals surface area contributed by atoms with E-state index < -0.39 is 4.92 Å². The Bertz CT molecular complexity index is 716. The van der Waals surface area contributed by atoms with Gasteiger partial charge < -0.3 is 10.6 Å². The fourth-order valence-electron chi connectivity index (χ4n) is 2.53. The van der Waals surface area contributed by atoms with Crippen LogP contribution in [0.25, 0.3) is 10.9 Å². The molecular weight excluding hydrogens is 272 g/mol. The first-order valence-corrected chi connectivity index (χ1v) is 6.73. The molecule has 0 spiro atoms. The van der Waals surface area contributed by atoms with Crippen LogP contribution in [0.4, 0.5) is 11.4 Å². The van der Waals surface area contributed by atoms with E-state index in [9.17, 15) is 14.9 Å². The summed E-state index contributed by atoms with van der Waals surface area (Å²) in [4.78, 5) is 26.5. The highest BCUT2D eigenvalue weighted by Crippen LogP contribution is 2.29. The van der Waals surface area contributed by atoms with Crippen LogP contribution < -0.4 is 10.6 Å². The number of anilines is 1. The van der Waals surface area contributed by atoms with E-state index in [1.54, 1.807) is 18.2 Å². The van der Waals surface area contributed by atoms with Gasteiger partial charge in [-0.05, 0) is 18.9 Å². The molecule has 21 heavy (non-hydrogen) atoms. The maximum atomic E-state index is 11.8. The molecule has 1 aromatic heterocycles. The van der Waals surface area contributed by atoms with Crippen LogP contribution in [0.15, 0.2) is 30.5 Å². The van der Waals surface area contributed by atoms with E-state index in [0.29, 0.717) is 23.1 Å². The number of nitro benzene ring substituents is 1. The van der Waals surface area contributed by atoms with E-state index in [0.717, 1.165) is 12.8 Å². The largest absolute Gasteiger partial charge is 0.373 e. The Morgan fingerprint density at radius 1 is 1.38 bits per heavy atom. The summed E-state index contributed by atoms with van der Waals surface area (Å²) in [5, 5.41) is 17.7. The molecule has 0 bridgehead atoms. The number of piperidine rings is 1. The molecule has 1 unspecified atom stereocenters. The lowest BCUT2D eigenvalue weighted by atomic mass is 10.1. The Hall–Kier alpha value is -2.70. The fraction of sp³-hybridized carbons (Fsp3) is 0.286. The van der Waals surface area contributed by atoms with E-state index in [4.69, 9.17) is 0 Å². The number of benzene rings is 1. The van der Waals surface area contributed by atoms with Crippen molar-refractivity contribution in [3.63, 3.8) is 0 Å². The number of non-ortho nitro benzene ring substituents is 1. The molecule has 108 valence electrons. The van der Waals surface area contributed by atoms with Crippen molar-refractivity contribution in [3.05, 3.63) is 40.6 Å². The van der Waals surface area contributed by atoms with Gasteiger partial charge in [0.25, 0.3) is 5.69 Å². The lowest BCUT2D eigenvalue weighted by molar-refractivity contribution is -0.383. The molecule has 2 heterocycles. The average Bonchev–Trinajstić information content (AvgIpc) is 2.49. The number of pyridine rings is 1. The molecular formula is C14H14N4O3. The zero-order chi connectivity index (χ0) is 14.8. The second kappa shape index (κ2) is 5.35. The van der Waals surface area contributed by atoms with Crippen molar-refractivity contribution in [2.45, 2.75) is 18.9 Å². The van der Waals surface area contributed by atoms with Gasteiger partial charge in [0, 0.05) is 29.9 Å². The molecule has 1 atom stereocenters. The van der Waals surface area contributed by atoms with Crippen molar-refractivity contribution in [1.82, 2.24) is 10.3 Å². The van der Waals surface area contributed by atoms with Gasteiger partial charge in [-0.1, -0.05) is 12.1 Å². The highest BCUT2D eigenvalue weighted by atomic mass is 16.6. The van der Waals surface area contributed by atoms with Gasteiger partial charge in [-0.15, -0.1) is 0 Å². The molecule has 1 amide bonds. The first-order chi connectivity index (χ1) is 10.2. The molecule has 7 nitrogen and oxygen atoms in total. The fourth-order valence-corrected chi connectivity index (χ4v) is 2.53. The van der Waals surface area contributed by atoms with Crippen molar-refractivity contribution in [2.24, 2.45) is 0 Å². The number of amides is 1. The highest BCUT2D eigenvalue weighted by Gasteiger charge is 2.23. The van der Waals surface area contributed by atoms with Crippen LogP contribution in [0.1, 0.15) is 12.8 Å². The third-order valence-electron chi connectivity index (χ3n) is 3.56. The van der Waals surface area contributed by atoms with E-state index in [1.807, 2.05) is 0 Å². The summed E-state index contributed by atoms with van der Waals surface area (Å²) in [5.41, 5.74) is 0.971. The summed E-state index contributed by atoms with van der Waals surface area (Å²) in [6, 6.07) is 6.22. The van der Waals surface area contributed by atoms with Crippen molar-refractivity contribution < 1.29 is 9.72 Å². The molecule has 1 aliphatic heterocycles. The van der Waals surface area contributed by atoms with Gasteiger partial charge in [0.05, 0.1) is 4.92 Å². The van der Waals surface area contributed by atoms with Crippen LogP contribution in [0, 0.1) is 10.1 Å². The van der Waals surface area contributed by atoms with Crippen molar-refractivity contribution in [2.75, 3.05) is 11.9 Å². The van der Waals surface area contributed by atoms with Crippen LogP contribution in [0.2, 0.25) is 0 Å². The predicted molar refractivity (Wildman–Crippen MR) is 78.1 cm³/mol. The summed E-state index contributed by atoms with van der Waals surface area (Å²) < 4.78 is 0. The minimum atomic E-state index is -0.452. The molecule has 2 N–H and O–H groups in total. The highest BCUT2D eigenvalue weighted by molar-refractivity contribution is 5.98. The number of carbonyl (C=O) groups is 1. The van der Waals surface area contributed by atoms with Crippen molar-refractivity contribution >= 4 is 28.2 Å². The van der Waals surface area contributed by atoms with Gasteiger partial charge in [0.15, 0.2) is 0 Å². The van der Waals surface area contributed by atoms with Gasteiger partial charge in [-0.2, -0.15) is 0 Å². The third-order valence-corrected chi connectivity index (χ3v) is 3.56. The number of nitrogens with zero attached hydrogens (tertiary/aromatic N) is 2. The second-order valence-corrected chi connectivity index (χ2v) is 4.92. The zero-order valence-corrected chi connectivity index (χ0v) is 11.2. The number of fused-ring (bicyclic) bond motifs is 1. The molecule has 0 saturated carbocycles. The monoisotopic (exact) mass is 286 g/mol. The number of nitrogens with one attached hydrogen (secondary N) is 2. The first-order valence-electron chi connectivity index (χ1n) is 6.73. The van der Waals surface area contributed by atoms with E-state index in [2.05, 4.69) is 15.6 Å². The van der Waals surface area contributed by atoms with Gasteiger partial charge in [0.1, 0.15) is 11.6 Å². The van der Waals surface area contributed by atoms with Crippen LogP contribution in [0.5, 0.6) is 0 Å². The first kappa shape index (κ1) is 13.3. The zero-order valence-electron chi connectivity index (χ0n) is 11.2. The van der Waals surface area contributed by atoms with E-state index >= 15 is 0 Å².